The van der Waals surface area contributed by atoms with Crippen molar-refractivity contribution < 1.29 is 9.90 Å². The molecule has 0 unspecified atom stereocenters. The van der Waals surface area contributed by atoms with E-state index in [0.717, 1.165) is 0 Å². The second kappa shape index (κ2) is 4.51. The lowest BCUT2D eigenvalue weighted by molar-refractivity contribution is -0.148. The van der Waals surface area contributed by atoms with Crippen LogP contribution in [0, 0.1) is 6.92 Å². The van der Waals surface area contributed by atoms with Crippen LogP contribution in [0.25, 0.3) is 0 Å². The van der Waals surface area contributed by atoms with E-state index in [4.69, 9.17) is 0 Å². The van der Waals surface area contributed by atoms with Crippen molar-refractivity contribution in [3.05, 3.63) is 34.2 Å². The van der Waals surface area contributed by atoms with Gasteiger partial charge in [-0.2, -0.15) is 0 Å². The van der Waals surface area contributed by atoms with Crippen LogP contribution in [0.4, 0.5) is 0 Å². The number of nitrogens with zero attached hydrogens (tertiary/aromatic N) is 1. The Bertz CT molecular complexity index is 444. The molecule has 0 aliphatic rings. The van der Waals surface area contributed by atoms with E-state index >= 15 is 0 Å². The molecule has 0 bridgehead atoms. The van der Waals surface area contributed by atoms with Crippen molar-refractivity contribution in [3.8, 4) is 0 Å². The summed E-state index contributed by atoms with van der Waals surface area (Å²) in [5.74, 6) is -0.950. The Morgan fingerprint density at radius 2 is 1.94 bits per heavy atom. The minimum Gasteiger partial charge on any atom is -0.479 e. The fraction of sp³-hybridized carbons (Fsp3) is 0.500. The van der Waals surface area contributed by atoms with Gasteiger partial charge in [0.15, 0.2) is 0 Å². The fourth-order valence-electron chi connectivity index (χ4n) is 2.11. The molecule has 4 nitrogen and oxygen atoms in total. The second-order valence-electron chi connectivity index (χ2n) is 3.88. The highest BCUT2D eigenvalue weighted by Gasteiger charge is 2.38. The van der Waals surface area contributed by atoms with E-state index in [-0.39, 0.29) is 5.56 Å². The molecule has 0 spiro atoms. The van der Waals surface area contributed by atoms with E-state index in [0.29, 0.717) is 18.5 Å². The van der Waals surface area contributed by atoms with Crippen molar-refractivity contribution in [2.75, 3.05) is 0 Å². The molecule has 0 aromatic carbocycles. The number of carbonyl (C=O) groups is 1. The van der Waals surface area contributed by atoms with Crippen LogP contribution in [0.1, 0.15) is 32.4 Å². The number of carboxylic acid groups (broad SMARTS) is 1. The highest BCUT2D eigenvalue weighted by molar-refractivity contribution is 5.76. The number of hydrogen-bond donors (Lipinski definition) is 1. The maximum absolute atomic E-state index is 11.8. The first-order valence-electron chi connectivity index (χ1n) is 5.42. The zero-order chi connectivity index (χ0) is 12.3. The van der Waals surface area contributed by atoms with Gasteiger partial charge in [0, 0.05) is 11.8 Å². The molecule has 0 atom stereocenters. The second-order valence-corrected chi connectivity index (χ2v) is 3.88. The first-order valence-corrected chi connectivity index (χ1v) is 5.42. The zero-order valence-electron chi connectivity index (χ0n) is 9.86. The van der Waals surface area contributed by atoms with Crippen LogP contribution in [-0.2, 0) is 10.3 Å². The maximum atomic E-state index is 11.8. The van der Waals surface area contributed by atoms with Gasteiger partial charge >= 0.3 is 5.97 Å². The number of rotatable bonds is 4. The predicted molar refractivity (Wildman–Crippen MR) is 61.6 cm³/mol. The van der Waals surface area contributed by atoms with Gasteiger partial charge in [-0.15, -0.1) is 0 Å². The van der Waals surface area contributed by atoms with Gasteiger partial charge in [-0.25, -0.2) is 4.79 Å². The lowest BCUT2D eigenvalue weighted by Gasteiger charge is -2.31. The Morgan fingerprint density at radius 3 is 2.31 bits per heavy atom. The molecule has 1 heterocycles. The van der Waals surface area contributed by atoms with E-state index in [9.17, 15) is 14.7 Å². The fourth-order valence-corrected chi connectivity index (χ4v) is 2.11. The van der Waals surface area contributed by atoms with Gasteiger partial charge < -0.3 is 5.11 Å². The molecule has 0 radical (unpaired) electrons. The van der Waals surface area contributed by atoms with E-state index in [1.165, 1.54) is 10.6 Å². The average molecular weight is 223 g/mol. The van der Waals surface area contributed by atoms with Gasteiger partial charge in [-0.1, -0.05) is 19.9 Å². The zero-order valence-corrected chi connectivity index (χ0v) is 9.86. The molecule has 1 aromatic heterocycles. The lowest BCUT2D eigenvalue weighted by atomic mass is 9.91. The molecule has 1 N–H and O–H groups in total. The normalized spacial score (nSPS) is 11.4. The van der Waals surface area contributed by atoms with Gasteiger partial charge in [-0.05, 0) is 25.8 Å². The minimum atomic E-state index is -1.12. The van der Waals surface area contributed by atoms with Crippen LogP contribution >= 0.6 is 0 Å². The van der Waals surface area contributed by atoms with Crippen LogP contribution in [0.5, 0.6) is 0 Å². The molecule has 1 rings (SSSR count). The molecule has 4 heteroatoms. The van der Waals surface area contributed by atoms with Crippen LogP contribution in [0.3, 0.4) is 0 Å². The lowest BCUT2D eigenvalue weighted by Crippen LogP contribution is -2.47. The first kappa shape index (κ1) is 12.5. The summed E-state index contributed by atoms with van der Waals surface area (Å²) in [7, 11) is 0. The molecule has 0 fully saturated rings. The van der Waals surface area contributed by atoms with Gasteiger partial charge in [0.25, 0.3) is 5.56 Å². The quantitative estimate of drug-likeness (QED) is 0.846. The molecule has 1 aromatic rings. The first-order chi connectivity index (χ1) is 7.49. The molecule has 0 aliphatic heterocycles. The third-order valence-corrected chi connectivity index (χ3v) is 3.15. The van der Waals surface area contributed by atoms with Crippen molar-refractivity contribution in [2.24, 2.45) is 0 Å². The number of aromatic nitrogens is 1. The maximum Gasteiger partial charge on any atom is 0.329 e. The number of pyridine rings is 1. The summed E-state index contributed by atoms with van der Waals surface area (Å²) in [5, 5.41) is 9.37. The van der Waals surface area contributed by atoms with Crippen LogP contribution in [0.2, 0.25) is 0 Å². The molecule has 0 saturated carbocycles. The van der Waals surface area contributed by atoms with E-state index in [1.807, 2.05) is 0 Å². The summed E-state index contributed by atoms with van der Waals surface area (Å²) >= 11 is 0. The summed E-state index contributed by atoms with van der Waals surface area (Å²) in [6, 6.07) is 4.80. The Balaban J connectivity index is 3.55. The summed E-state index contributed by atoms with van der Waals surface area (Å²) in [5.41, 5.74) is -0.702. The van der Waals surface area contributed by atoms with E-state index in [1.54, 1.807) is 32.9 Å². The standard InChI is InChI=1S/C12H17NO3/c1-4-12(5-2,11(15)16)13-9(3)7-6-8-10(13)14/h6-8H,4-5H2,1-3H3,(H,15,16). The Labute approximate surface area is 94.5 Å². The summed E-state index contributed by atoms with van der Waals surface area (Å²) < 4.78 is 1.38. The van der Waals surface area contributed by atoms with Gasteiger partial charge in [0.1, 0.15) is 5.54 Å². The van der Waals surface area contributed by atoms with Crippen molar-refractivity contribution in [1.82, 2.24) is 4.57 Å². The predicted octanol–water partition coefficient (Wildman–Crippen LogP) is 1.76. The SMILES string of the molecule is CCC(CC)(C(=O)O)n1c(C)cccc1=O. The average Bonchev–Trinajstić information content (AvgIpc) is 2.23. The van der Waals surface area contributed by atoms with Crippen molar-refractivity contribution >= 4 is 5.97 Å². The molecule has 16 heavy (non-hydrogen) atoms. The van der Waals surface area contributed by atoms with E-state index < -0.39 is 11.5 Å². The number of aryl methyl sites for hydroxylation is 1. The highest BCUT2D eigenvalue weighted by atomic mass is 16.4. The van der Waals surface area contributed by atoms with E-state index in [2.05, 4.69) is 0 Å². The third-order valence-electron chi connectivity index (χ3n) is 3.15. The summed E-state index contributed by atoms with van der Waals surface area (Å²) in [4.78, 5) is 23.2. The van der Waals surface area contributed by atoms with Gasteiger partial charge in [0.05, 0.1) is 0 Å². The van der Waals surface area contributed by atoms with Crippen LogP contribution in [-0.4, -0.2) is 15.6 Å². The van der Waals surface area contributed by atoms with Crippen molar-refractivity contribution in [1.29, 1.82) is 0 Å². The molecular weight excluding hydrogens is 206 g/mol. The highest BCUT2D eigenvalue weighted by Crippen LogP contribution is 2.25. The summed E-state index contributed by atoms with van der Waals surface area (Å²) in [6.45, 7) is 5.33. The smallest absolute Gasteiger partial charge is 0.329 e. The largest absolute Gasteiger partial charge is 0.479 e. The molecule has 0 aliphatic carbocycles. The minimum absolute atomic E-state index is 0.258. The number of carboxylic acids is 1. The Morgan fingerprint density at radius 1 is 1.38 bits per heavy atom. The van der Waals surface area contributed by atoms with Gasteiger partial charge in [0.2, 0.25) is 0 Å². The monoisotopic (exact) mass is 223 g/mol. The summed E-state index contributed by atoms with van der Waals surface area (Å²) in [6.07, 6.45) is 0.785. The van der Waals surface area contributed by atoms with Gasteiger partial charge in [-0.3, -0.25) is 9.36 Å². The Hall–Kier alpha value is -1.58. The van der Waals surface area contributed by atoms with Crippen LogP contribution < -0.4 is 5.56 Å². The number of hydrogen-bond acceptors (Lipinski definition) is 2. The third kappa shape index (κ3) is 1.75. The number of aliphatic carboxylic acids is 1. The molecule has 0 amide bonds. The molecular formula is C12H17NO3. The molecule has 0 saturated heterocycles. The van der Waals surface area contributed by atoms with Crippen molar-refractivity contribution in [2.45, 2.75) is 39.2 Å². The Kier molecular flexibility index (Phi) is 3.52. The van der Waals surface area contributed by atoms with Crippen LogP contribution in [0.15, 0.2) is 23.0 Å². The van der Waals surface area contributed by atoms with Crippen molar-refractivity contribution in [3.63, 3.8) is 0 Å². The molecule has 88 valence electrons. The topological polar surface area (TPSA) is 59.3 Å².